The van der Waals surface area contributed by atoms with Gasteiger partial charge in [-0.3, -0.25) is 4.79 Å². The summed E-state index contributed by atoms with van der Waals surface area (Å²) in [5, 5.41) is 4.44. The van der Waals surface area contributed by atoms with Crippen molar-refractivity contribution in [2.75, 3.05) is 5.75 Å². The molecule has 0 saturated heterocycles. The third-order valence-corrected chi connectivity index (χ3v) is 5.05. The van der Waals surface area contributed by atoms with Gasteiger partial charge in [-0.2, -0.15) is 5.10 Å². The fourth-order valence-electron chi connectivity index (χ4n) is 2.71. The molecule has 0 aliphatic heterocycles. The fourth-order valence-corrected chi connectivity index (χ4v) is 3.34. The molecule has 0 aliphatic rings. The van der Waals surface area contributed by atoms with E-state index in [-0.39, 0.29) is 17.5 Å². The SMILES string of the molecule is O=C(CSc1nc2ccccc2o1)N/N=C\c1ccccc1OCc1ccc(F)cc1. The minimum atomic E-state index is -0.290. The van der Waals surface area contributed by atoms with E-state index in [1.807, 2.05) is 42.5 Å². The monoisotopic (exact) mass is 435 g/mol. The van der Waals surface area contributed by atoms with Gasteiger partial charge in [0.2, 0.25) is 0 Å². The van der Waals surface area contributed by atoms with Crippen molar-refractivity contribution >= 4 is 35.0 Å². The van der Waals surface area contributed by atoms with Crippen molar-refractivity contribution in [1.29, 1.82) is 0 Å². The summed E-state index contributed by atoms with van der Waals surface area (Å²) in [6.07, 6.45) is 1.52. The molecule has 1 amide bonds. The first-order valence-corrected chi connectivity index (χ1v) is 10.4. The highest BCUT2D eigenvalue weighted by Crippen LogP contribution is 2.23. The lowest BCUT2D eigenvalue weighted by molar-refractivity contribution is -0.118. The molecule has 0 atom stereocenters. The molecule has 156 valence electrons. The summed E-state index contributed by atoms with van der Waals surface area (Å²) in [7, 11) is 0. The molecule has 8 heteroatoms. The van der Waals surface area contributed by atoms with E-state index in [0.29, 0.717) is 28.7 Å². The van der Waals surface area contributed by atoms with Gasteiger partial charge in [-0.05, 0) is 42.0 Å². The Hall–Kier alpha value is -3.65. The zero-order valence-corrected chi connectivity index (χ0v) is 17.1. The number of fused-ring (bicyclic) bond motifs is 1. The number of halogens is 1. The van der Waals surface area contributed by atoms with Crippen LogP contribution in [0.1, 0.15) is 11.1 Å². The van der Waals surface area contributed by atoms with Gasteiger partial charge in [0.25, 0.3) is 11.1 Å². The molecule has 0 aliphatic carbocycles. The first kappa shape index (κ1) is 20.6. The Kier molecular flexibility index (Phi) is 6.59. The molecule has 0 fully saturated rings. The zero-order chi connectivity index (χ0) is 21.5. The summed E-state index contributed by atoms with van der Waals surface area (Å²) in [6, 6.07) is 20.8. The van der Waals surface area contributed by atoms with Crippen molar-refractivity contribution in [2.45, 2.75) is 11.8 Å². The standard InChI is InChI=1S/C23H18FN3O3S/c24-18-11-9-16(10-12-18)14-29-20-7-3-1-5-17(20)13-25-27-22(28)15-31-23-26-19-6-2-4-8-21(19)30-23/h1-13H,14-15H2,(H,27,28)/b25-13-. The van der Waals surface area contributed by atoms with Gasteiger partial charge in [0.15, 0.2) is 5.58 Å². The molecule has 0 radical (unpaired) electrons. The molecule has 3 aromatic carbocycles. The van der Waals surface area contributed by atoms with Crippen LogP contribution in [-0.4, -0.2) is 22.9 Å². The topological polar surface area (TPSA) is 76.7 Å². The van der Waals surface area contributed by atoms with Crippen molar-refractivity contribution in [3.63, 3.8) is 0 Å². The molecule has 0 unspecified atom stereocenters. The number of rotatable bonds is 8. The molecule has 1 N–H and O–H groups in total. The number of amides is 1. The van der Waals surface area contributed by atoms with Crippen molar-refractivity contribution in [1.82, 2.24) is 10.4 Å². The predicted octanol–water partition coefficient (Wildman–Crippen LogP) is 4.79. The summed E-state index contributed by atoms with van der Waals surface area (Å²) in [4.78, 5) is 16.4. The fraction of sp³-hybridized carbons (Fsp3) is 0.0870. The number of aromatic nitrogens is 1. The third kappa shape index (κ3) is 5.70. The largest absolute Gasteiger partial charge is 0.488 e. The molecule has 1 heterocycles. The van der Waals surface area contributed by atoms with Gasteiger partial charge in [-0.25, -0.2) is 14.8 Å². The van der Waals surface area contributed by atoms with E-state index < -0.39 is 0 Å². The number of carbonyl (C=O) groups excluding carboxylic acids is 1. The van der Waals surface area contributed by atoms with Crippen molar-refractivity contribution in [3.8, 4) is 5.75 Å². The number of hydrazone groups is 1. The van der Waals surface area contributed by atoms with Crippen LogP contribution in [0.25, 0.3) is 11.1 Å². The average Bonchev–Trinajstić information content (AvgIpc) is 3.21. The second-order valence-electron chi connectivity index (χ2n) is 6.48. The van der Waals surface area contributed by atoms with Crippen LogP contribution in [-0.2, 0) is 11.4 Å². The van der Waals surface area contributed by atoms with E-state index in [1.165, 1.54) is 30.1 Å². The third-order valence-electron chi connectivity index (χ3n) is 4.22. The molecular weight excluding hydrogens is 417 g/mol. The second kappa shape index (κ2) is 9.90. The minimum absolute atomic E-state index is 0.118. The van der Waals surface area contributed by atoms with Gasteiger partial charge >= 0.3 is 0 Å². The van der Waals surface area contributed by atoms with Gasteiger partial charge in [-0.1, -0.05) is 48.2 Å². The van der Waals surface area contributed by atoms with E-state index in [2.05, 4.69) is 15.5 Å². The highest BCUT2D eigenvalue weighted by Gasteiger charge is 2.08. The molecule has 4 aromatic rings. The van der Waals surface area contributed by atoms with E-state index >= 15 is 0 Å². The van der Waals surface area contributed by atoms with E-state index in [1.54, 1.807) is 18.2 Å². The maximum absolute atomic E-state index is 13.0. The number of hydrogen-bond donors (Lipinski definition) is 1. The highest BCUT2D eigenvalue weighted by molar-refractivity contribution is 7.99. The quantitative estimate of drug-likeness (QED) is 0.245. The normalized spacial score (nSPS) is 11.1. The number of oxazole rings is 1. The Morgan fingerprint density at radius 3 is 2.71 bits per heavy atom. The summed E-state index contributed by atoms with van der Waals surface area (Å²) in [6.45, 7) is 0.290. The molecule has 4 rings (SSSR count). The van der Waals surface area contributed by atoms with Crippen LogP contribution >= 0.6 is 11.8 Å². The Bertz CT molecular complexity index is 1180. The number of para-hydroxylation sites is 3. The molecule has 6 nitrogen and oxygen atoms in total. The van der Waals surface area contributed by atoms with Crippen LogP contribution in [0.2, 0.25) is 0 Å². The number of nitrogens with zero attached hydrogens (tertiary/aromatic N) is 2. The van der Waals surface area contributed by atoms with Crippen LogP contribution in [0.15, 0.2) is 87.5 Å². The Balaban J connectivity index is 1.29. The summed E-state index contributed by atoms with van der Waals surface area (Å²) in [5.41, 5.74) is 5.47. The Morgan fingerprint density at radius 2 is 1.87 bits per heavy atom. The molecule has 0 bridgehead atoms. The van der Waals surface area contributed by atoms with E-state index in [0.717, 1.165) is 11.1 Å². The van der Waals surface area contributed by atoms with Crippen LogP contribution < -0.4 is 10.2 Å². The number of hydrogen-bond acceptors (Lipinski definition) is 6. The highest BCUT2D eigenvalue weighted by atomic mass is 32.2. The number of carbonyl (C=O) groups is 1. The molecule has 0 saturated carbocycles. The number of nitrogens with one attached hydrogen (secondary N) is 1. The predicted molar refractivity (Wildman–Crippen MR) is 118 cm³/mol. The average molecular weight is 435 g/mol. The zero-order valence-electron chi connectivity index (χ0n) is 16.3. The summed E-state index contributed by atoms with van der Waals surface area (Å²) < 4.78 is 24.4. The molecule has 1 aromatic heterocycles. The summed E-state index contributed by atoms with van der Waals surface area (Å²) in [5.74, 6) is 0.146. The first-order chi connectivity index (χ1) is 15.2. The Labute approximate surface area is 182 Å². The van der Waals surface area contributed by atoms with Crippen molar-refractivity contribution in [3.05, 3.63) is 89.7 Å². The van der Waals surface area contributed by atoms with Crippen molar-refractivity contribution in [2.24, 2.45) is 5.10 Å². The lowest BCUT2D eigenvalue weighted by Crippen LogP contribution is -2.19. The molecule has 0 spiro atoms. The first-order valence-electron chi connectivity index (χ1n) is 9.44. The lowest BCUT2D eigenvalue weighted by Gasteiger charge is -2.09. The number of benzene rings is 3. The van der Waals surface area contributed by atoms with E-state index in [4.69, 9.17) is 9.15 Å². The minimum Gasteiger partial charge on any atom is -0.488 e. The number of ether oxygens (including phenoxy) is 1. The summed E-state index contributed by atoms with van der Waals surface area (Å²) >= 11 is 1.20. The van der Waals surface area contributed by atoms with Gasteiger partial charge in [0.1, 0.15) is 23.7 Å². The smallest absolute Gasteiger partial charge is 0.257 e. The van der Waals surface area contributed by atoms with Crippen LogP contribution in [0.5, 0.6) is 5.75 Å². The lowest BCUT2D eigenvalue weighted by atomic mass is 10.2. The van der Waals surface area contributed by atoms with Crippen LogP contribution in [0, 0.1) is 5.82 Å². The van der Waals surface area contributed by atoms with Gasteiger partial charge < -0.3 is 9.15 Å². The maximum atomic E-state index is 13.0. The number of thioether (sulfide) groups is 1. The van der Waals surface area contributed by atoms with Crippen LogP contribution in [0.3, 0.4) is 0 Å². The van der Waals surface area contributed by atoms with E-state index in [9.17, 15) is 9.18 Å². The molecular formula is C23H18FN3O3S. The maximum Gasteiger partial charge on any atom is 0.257 e. The second-order valence-corrected chi connectivity index (χ2v) is 7.41. The van der Waals surface area contributed by atoms with Gasteiger partial charge in [0.05, 0.1) is 12.0 Å². The van der Waals surface area contributed by atoms with Crippen molar-refractivity contribution < 1.29 is 18.3 Å². The molecule has 31 heavy (non-hydrogen) atoms. The van der Waals surface area contributed by atoms with Gasteiger partial charge in [0, 0.05) is 5.56 Å². The van der Waals surface area contributed by atoms with Gasteiger partial charge in [-0.15, -0.1) is 0 Å². The Morgan fingerprint density at radius 1 is 1.10 bits per heavy atom. The van der Waals surface area contributed by atoms with Crippen LogP contribution in [0.4, 0.5) is 4.39 Å².